The van der Waals surface area contributed by atoms with Gasteiger partial charge in [0, 0.05) is 19.6 Å². The Morgan fingerprint density at radius 2 is 2.07 bits per heavy atom. The van der Waals surface area contributed by atoms with Crippen molar-refractivity contribution in [1.82, 2.24) is 9.80 Å². The quantitative estimate of drug-likeness (QED) is 0.670. The molecule has 5 nitrogen and oxygen atoms in total. The molecule has 0 aromatic carbocycles. The van der Waals surface area contributed by atoms with Crippen LogP contribution in [0.4, 0.5) is 0 Å². The van der Waals surface area contributed by atoms with Crippen LogP contribution in [0.25, 0.3) is 0 Å². The van der Waals surface area contributed by atoms with Crippen LogP contribution < -0.4 is 0 Å². The molecule has 1 aliphatic heterocycles. The zero-order chi connectivity index (χ0) is 11.5. The first-order chi connectivity index (χ1) is 7.06. The van der Waals surface area contributed by atoms with Gasteiger partial charge in [0.1, 0.15) is 5.54 Å². The number of rotatable bonds is 4. The second-order valence-corrected chi connectivity index (χ2v) is 4.03. The molecule has 15 heavy (non-hydrogen) atoms. The van der Waals surface area contributed by atoms with Crippen molar-refractivity contribution < 1.29 is 14.7 Å². The number of hydrogen-bond donors (Lipinski definition) is 1. The Labute approximate surface area is 89.7 Å². The van der Waals surface area contributed by atoms with Crippen LogP contribution in [0.5, 0.6) is 0 Å². The molecule has 0 atom stereocenters. The number of likely N-dealkylation sites (N-methyl/N-ethyl adjacent to an activating group) is 1. The maximum atomic E-state index is 11.3. The van der Waals surface area contributed by atoms with Gasteiger partial charge in [0.2, 0.25) is 6.41 Å². The number of piperidine rings is 1. The first kappa shape index (κ1) is 12.0. The van der Waals surface area contributed by atoms with Gasteiger partial charge in [-0.05, 0) is 26.8 Å². The van der Waals surface area contributed by atoms with Crippen LogP contribution in [0.2, 0.25) is 0 Å². The molecule has 1 fully saturated rings. The van der Waals surface area contributed by atoms with E-state index in [1.54, 1.807) is 6.92 Å². The van der Waals surface area contributed by atoms with Crippen molar-refractivity contribution in [2.45, 2.75) is 25.3 Å². The average Bonchev–Trinajstić information content (AvgIpc) is 2.22. The molecule has 1 rings (SSSR count). The average molecular weight is 214 g/mol. The molecule has 1 N–H and O–H groups in total. The van der Waals surface area contributed by atoms with Crippen LogP contribution in [0.3, 0.4) is 0 Å². The summed E-state index contributed by atoms with van der Waals surface area (Å²) in [6, 6.07) is 0. The lowest BCUT2D eigenvalue weighted by atomic mass is 9.86. The molecule has 0 unspecified atom stereocenters. The number of nitrogens with zero attached hydrogens (tertiary/aromatic N) is 2. The summed E-state index contributed by atoms with van der Waals surface area (Å²) in [5.74, 6) is -0.885. The molecule has 0 saturated carbocycles. The fourth-order valence-corrected chi connectivity index (χ4v) is 2.09. The van der Waals surface area contributed by atoms with Gasteiger partial charge in [0.15, 0.2) is 0 Å². The number of amides is 1. The van der Waals surface area contributed by atoms with E-state index in [1.807, 2.05) is 7.05 Å². The molecular formula is C10H18N2O3. The van der Waals surface area contributed by atoms with E-state index < -0.39 is 11.5 Å². The summed E-state index contributed by atoms with van der Waals surface area (Å²) in [5, 5.41) is 9.29. The van der Waals surface area contributed by atoms with Crippen molar-refractivity contribution in [3.8, 4) is 0 Å². The number of carboxylic acids is 1. The van der Waals surface area contributed by atoms with Gasteiger partial charge >= 0.3 is 5.97 Å². The molecule has 0 aliphatic carbocycles. The lowest BCUT2D eigenvalue weighted by Crippen LogP contribution is -2.59. The highest BCUT2D eigenvalue weighted by molar-refractivity contribution is 5.81. The van der Waals surface area contributed by atoms with Crippen molar-refractivity contribution >= 4 is 12.4 Å². The molecule has 1 amide bonds. The van der Waals surface area contributed by atoms with E-state index in [4.69, 9.17) is 0 Å². The van der Waals surface area contributed by atoms with E-state index in [-0.39, 0.29) is 0 Å². The Morgan fingerprint density at radius 1 is 1.53 bits per heavy atom. The largest absolute Gasteiger partial charge is 0.479 e. The monoisotopic (exact) mass is 214 g/mol. The van der Waals surface area contributed by atoms with Crippen LogP contribution in [0, 0.1) is 0 Å². The van der Waals surface area contributed by atoms with Crippen molar-refractivity contribution in [2.24, 2.45) is 0 Å². The Hall–Kier alpha value is -1.10. The minimum absolute atomic E-state index is 0.444. The van der Waals surface area contributed by atoms with E-state index in [2.05, 4.69) is 4.90 Å². The fourth-order valence-electron chi connectivity index (χ4n) is 2.09. The van der Waals surface area contributed by atoms with Crippen LogP contribution in [0.15, 0.2) is 0 Å². The topological polar surface area (TPSA) is 60.9 Å². The van der Waals surface area contributed by atoms with Crippen LogP contribution >= 0.6 is 0 Å². The van der Waals surface area contributed by atoms with Crippen molar-refractivity contribution in [2.75, 3.05) is 26.7 Å². The van der Waals surface area contributed by atoms with Gasteiger partial charge < -0.3 is 14.9 Å². The molecule has 86 valence electrons. The maximum absolute atomic E-state index is 11.3. The summed E-state index contributed by atoms with van der Waals surface area (Å²) in [7, 11) is 1.96. The Morgan fingerprint density at radius 3 is 2.40 bits per heavy atom. The Balaban J connectivity index is 2.88. The summed E-state index contributed by atoms with van der Waals surface area (Å²) in [5.41, 5.74) is -0.983. The van der Waals surface area contributed by atoms with Crippen LogP contribution in [-0.4, -0.2) is 59.5 Å². The van der Waals surface area contributed by atoms with Gasteiger partial charge in [-0.3, -0.25) is 4.79 Å². The second kappa shape index (κ2) is 4.61. The summed E-state index contributed by atoms with van der Waals surface area (Å²) >= 11 is 0. The highest BCUT2D eigenvalue weighted by Gasteiger charge is 2.45. The first-order valence-electron chi connectivity index (χ1n) is 5.21. The van der Waals surface area contributed by atoms with Gasteiger partial charge in [-0.1, -0.05) is 0 Å². The highest BCUT2D eigenvalue weighted by atomic mass is 16.4. The Bertz CT molecular complexity index is 247. The van der Waals surface area contributed by atoms with E-state index in [1.165, 1.54) is 4.90 Å². The molecule has 5 heteroatoms. The van der Waals surface area contributed by atoms with E-state index in [0.29, 0.717) is 25.8 Å². The predicted molar refractivity (Wildman–Crippen MR) is 55.5 cm³/mol. The lowest BCUT2D eigenvalue weighted by Gasteiger charge is -2.43. The zero-order valence-corrected chi connectivity index (χ0v) is 9.27. The predicted octanol–water partition coefficient (Wildman–Crippen LogP) is 0.0137. The molecule has 0 spiro atoms. The third kappa shape index (κ3) is 2.12. The molecule has 1 saturated heterocycles. The van der Waals surface area contributed by atoms with E-state index in [0.717, 1.165) is 13.1 Å². The number of hydrogen-bond acceptors (Lipinski definition) is 3. The summed E-state index contributed by atoms with van der Waals surface area (Å²) in [4.78, 5) is 25.7. The standard InChI is InChI=1S/C10H18N2O3/c1-3-12(8-13)10(9(14)15)4-6-11(2)7-5-10/h8H,3-7H2,1-2H3,(H,14,15). The Kier molecular flexibility index (Phi) is 3.68. The molecular weight excluding hydrogens is 196 g/mol. The molecule has 1 heterocycles. The number of aliphatic carboxylic acids is 1. The highest BCUT2D eigenvalue weighted by Crippen LogP contribution is 2.27. The van der Waals surface area contributed by atoms with Gasteiger partial charge in [-0.2, -0.15) is 0 Å². The summed E-state index contributed by atoms with van der Waals surface area (Å²) in [6.07, 6.45) is 1.66. The molecule has 1 aliphatic rings. The van der Waals surface area contributed by atoms with Gasteiger partial charge in [0.05, 0.1) is 0 Å². The zero-order valence-electron chi connectivity index (χ0n) is 9.27. The second-order valence-electron chi connectivity index (χ2n) is 4.03. The smallest absolute Gasteiger partial charge is 0.329 e. The minimum atomic E-state index is -0.983. The van der Waals surface area contributed by atoms with Gasteiger partial charge in [-0.25, -0.2) is 4.79 Å². The summed E-state index contributed by atoms with van der Waals surface area (Å²) < 4.78 is 0. The van der Waals surface area contributed by atoms with Crippen LogP contribution in [0.1, 0.15) is 19.8 Å². The third-order valence-electron chi connectivity index (χ3n) is 3.23. The summed E-state index contributed by atoms with van der Waals surface area (Å²) in [6.45, 7) is 3.68. The maximum Gasteiger partial charge on any atom is 0.329 e. The lowest BCUT2D eigenvalue weighted by molar-refractivity contribution is -0.158. The SMILES string of the molecule is CCN(C=O)C1(C(=O)O)CCN(C)CC1. The number of likely N-dealkylation sites (tertiary alicyclic amines) is 1. The minimum Gasteiger partial charge on any atom is -0.479 e. The van der Waals surface area contributed by atoms with Crippen molar-refractivity contribution in [3.63, 3.8) is 0 Å². The molecule has 0 bridgehead atoms. The van der Waals surface area contributed by atoms with Crippen molar-refractivity contribution in [3.05, 3.63) is 0 Å². The normalized spacial score (nSPS) is 20.9. The van der Waals surface area contributed by atoms with Gasteiger partial charge in [-0.15, -0.1) is 0 Å². The van der Waals surface area contributed by atoms with E-state index in [9.17, 15) is 14.7 Å². The number of carbonyl (C=O) groups excluding carboxylic acids is 1. The number of carboxylic acid groups (broad SMARTS) is 1. The first-order valence-corrected chi connectivity index (χ1v) is 5.21. The van der Waals surface area contributed by atoms with Crippen LogP contribution in [-0.2, 0) is 9.59 Å². The third-order valence-corrected chi connectivity index (χ3v) is 3.23. The van der Waals surface area contributed by atoms with E-state index >= 15 is 0 Å². The van der Waals surface area contributed by atoms with Gasteiger partial charge in [0.25, 0.3) is 0 Å². The molecule has 0 aromatic rings. The molecule has 0 radical (unpaired) electrons. The number of carbonyl (C=O) groups is 2. The van der Waals surface area contributed by atoms with Crippen molar-refractivity contribution in [1.29, 1.82) is 0 Å². The molecule has 0 aromatic heterocycles. The fraction of sp³-hybridized carbons (Fsp3) is 0.800.